The molecule has 2 aromatic rings. The van der Waals surface area contributed by atoms with Crippen LogP contribution in [0.4, 0.5) is 0 Å². The number of hydrogen-bond donors (Lipinski definition) is 0. The van der Waals surface area contributed by atoms with Gasteiger partial charge in [0.05, 0.1) is 5.38 Å². The van der Waals surface area contributed by atoms with Gasteiger partial charge in [0, 0.05) is 0 Å². The molecule has 0 aromatic heterocycles. The third-order valence-electron chi connectivity index (χ3n) is 5.89. The van der Waals surface area contributed by atoms with E-state index in [9.17, 15) is 0 Å². The highest BCUT2D eigenvalue weighted by Crippen LogP contribution is 2.73. The van der Waals surface area contributed by atoms with E-state index in [1.165, 1.54) is 21.9 Å². The molecule has 0 N–H and O–H groups in total. The molecule has 0 heterocycles. The smallest absolute Gasteiger partial charge is 0.0632 e. The van der Waals surface area contributed by atoms with E-state index in [4.69, 9.17) is 11.6 Å². The Morgan fingerprint density at radius 3 is 2.15 bits per heavy atom. The molecule has 0 bridgehead atoms. The van der Waals surface area contributed by atoms with Crippen LogP contribution >= 0.6 is 11.6 Å². The maximum Gasteiger partial charge on any atom is 0.0632 e. The minimum absolute atomic E-state index is 0.0890. The second kappa shape index (κ2) is 4.24. The van der Waals surface area contributed by atoms with Crippen LogP contribution in [0.2, 0.25) is 0 Å². The first-order valence-electron chi connectivity index (χ1n) is 7.41. The lowest BCUT2D eigenvalue weighted by molar-refractivity contribution is 0.457. The summed E-state index contributed by atoms with van der Waals surface area (Å²) in [4.78, 5) is 0. The van der Waals surface area contributed by atoms with E-state index >= 15 is 0 Å². The van der Waals surface area contributed by atoms with E-state index in [0.29, 0.717) is 16.7 Å². The maximum absolute atomic E-state index is 6.96. The van der Waals surface area contributed by atoms with Crippen LogP contribution in [-0.2, 0) is 0 Å². The van der Waals surface area contributed by atoms with Crippen molar-refractivity contribution in [1.29, 1.82) is 0 Å². The molecule has 1 saturated carbocycles. The minimum atomic E-state index is 0.0890. The molecule has 1 heteroatoms. The summed E-state index contributed by atoms with van der Waals surface area (Å²) in [5.41, 5.74) is 3.25. The third-order valence-corrected chi connectivity index (χ3v) is 6.36. The Labute approximate surface area is 127 Å². The van der Waals surface area contributed by atoms with E-state index in [1.54, 1.807) is 0 Å². The molecule has 0 aliphatic heterocycles. The molecule has 1 atom stereocenters. The van der Waals surface area contributed by atoms with E-state index < -0.39 is 0 Å². The van der Waals surface area contributed by atoms with E-state index in [1.807, 2.05) is 0 Å². The van der Waals surface area contributed by atoms with E-state index in [2.05, 4.69) is 71.0 Å². The number of hydrogen-bond acceptors (Lipinski definition) is 0. The fourth-order valence-corrected chi connectivity index (χ4v) is 4.84. The lowest BCUT2D eigenvalue weighted by Gasteiger charge is -2.18. The lowest BCUT2D eigenvalue weighted by Crippen LogP contribution is -2.03. The largest absolute Gasteiger partial charge is 0.117 e. The molecule has 106 valence electrons. The summed E-state index contributed by atoms with van der Waals surface area (Å²) >= 11 is 6.96. The average Bonchev–Trinajstić information content (AvgIpc) is 2.79. The van der Waals surface area contributed by atoms with Gasteiger partial charge >= 0.3 is 0 Å². The third kappa shape index (κ3) is 1.74. The molecule has 2 aromatic carbocycles. The molecule has 20 heavy (non-hydrogen) atoms. The number of aryl methyl sites for hydroxylation is 1. The summed E-state index contributed by atoms with van der Waals surface area (Å²) < 4.78 is 0. The first-order chi connectivity index (χ1) is 9.28. The molecule has 0 radical (unpaired) electrons. The Morgan fingerprint density at radius 2 is 1.55 bits per heavy atom. The summed E-state index contributed by atoms with van der Waals surface area (Å²) in [6.45, 7) is 11.5. The average molecular weight is 287 g/mol. The van der Waals surface area contributed by atoms with Crippen LogP contribution < -0.4 is 0 Å². The predicted molar refractivity (Wildman–Crippen MR) is 88.3 cm³/mol. The lowest BCUT2D eigenvalue weighted by atomic mass is 9.93. The van der Waals surface area contributed by atoms with Crippen LogP contribution in [-0.4, -0.2) is 0 Å². The predicted octanol–water partition coefficient (Wildman–Crippen LogP) is 6.11. The summed E-state index contributed by atoms with van der Waals surface area (Å²) in [5.74, 6) is 0.529. The monoisotopic (exact) mass is 286 g/mol. The molecule has 0 saturated heterocycles. The Kier molecular flexibility index (Phi) is 2.96. The molecule has 1 aliphatic carbocycles. The first kappa shape index (κ1) is 13.9. The van der Waals surface area contributed by atoms with Crippen molar-refractivity contribution < 1.29 is 0 Å². The topological polar surface area (TPSA) is 0 Å². The van der Waals surface area contributed by atoms with Gasteiger partial charge in [-0.2, -0.15) is 0 Å². The number of fused-ring (bicyclic) bond motifs is 1. The molecule has 1 unspecified atom stereocenters. The maximum atomic E-state index is 6.96. The Hall–Kier alpha value is -1.01. The summed E-state index contributed by atoms with van der Waals surface area (Å²) in [6.07, 6.45) is 0. The van der Waals surface area contributed by atoms with Crippen molar-refractivity contribution in [3.05, 3.63) is 47.5 Å². The number of benzene rings is 2. The van der Waals surface area contributed by atoms with Gasteiger partial charge in [0.2, 0.25) is 0 Å². The van der Waals surface area contributed by atoms with Gasteiger partial charge in [-0.1, -0.05) is 64.1 Å². The van der Waals surface area contributed by atoms with Crippen molar-refractivity contribution in [2.45, 2.75) is 40.0 Å². The molecule has 1 fully saturated rings. The molecular weight excluding hydrogens is 264 g/mol. The quantitative estimate of drug-likeness (QED) is 0.584. The van der Waals surface area contributed by atoms with Crippen LogP contribution in [0.1, 0.15) is 44.2 Å². The van der Waals surface area contributed by atoms with Crippen LogP contribution in [0.15, 0.2) is 36.4 Å². The van der Waals surface area contributed by atoms with Gasteiger partial charge in [-0.15, -0.1) is 11.6 Å². The molecular formula is C19H23Cl. The van der Waals surface area contributed by atoms with Crippen LogP contribution in [0, 0.1) is 23.7 Å². The SMILES string of the molecule is Cc1ccc2ccccc2c1C(Cl)C1C(C)(C)C1(C)C. The number of rotatable bonds is 2. The second-order valence-electron chi connectivity index (χ2n) is 7.34. The van der Waals surface area contributed by atoms with Crippen LogP contribution in [0.3, 0.4) is 0 Å². The normalized spacial score (nSPS) is 21.9. The molecule has 0 spiro atoms. The molecule has 0 amide bonds. The van der Waals surface area contributed by atoms with Gasteiger partial charge in [-0.3, -0.25) is 0 Å². The highest BCUT2D eigenvalue weighted by molar-refractivity contribution is 6.22. The van der Waals surface area contributed by atoms with E-state index in [0.717, 1.165) is 0 Å². The zero-order chi connectivity index (χ0) is 14.7. The van der Waals surface area contributed by atoms with E-state index in [-0.39, 0.29) is 5.38 Å². The van der Waals surface area contributed by atoms with Gasteiger partial charge < -0.3 is 0 Å². The number of alkyl halides is 1. The molecule has 3 rings (SSSR count). The summed E-state index contributed by atoms with van der Waals surface area (Å²) in [5, 5.41) is 2.69. The van der Waals surface area contributed by atoms with Crippen molar-refractivity contribution in [1.82, 2.24) is 0 Å². The summed E-state index contributed by atoms with van der Waals surface area (Å²) in [7, 11) is 0. The van der Waals surface area contributed by atoms with Crippen molar-refractivity contribution in [2.24, 2.45) is 16.7 Å². The zero-order valence-corrected chi connectivity index (χ0v) is 13.8. The fourth-order valence-electron chi connectivity index (χ4n) is 3.92. The Balaban J connectivity index is 2.14. The molecule has 0 nitrogen and oxygen atoms in total. The van der Waals surface area contributed by atoms with Crippen molar-refractivity contribution in [3.63, 3.8) is 0 Å². The van der Waals surface area contributed by atoms with Crippen molar-refractivity contribution in [2.75, 3.05) is 0 Å². The summed E-state index contributed by atoms with van der Waals surface area (Å²) in [6, 6.07) is 13.0. The first-order valence-corrected chi connectivity index (χ1v) is 7.84. The standard InChI is InChI=1S/C19H23Cl/c1-12-10-11-13-8-6-7-9-14(13)15(12)16(20)17-18(2,3)19(17,4)5/h6-11,16-17H,1-5H3. The Morgan fingerprint density at radius 1 is 0.950 bits per heavy atom. The van der Waals surface area contributed by atoms with Gasteiger partial charge in [0.15, 0.2) is 0 Å². The van der Waals surface area contributed by atoms with Gasteiger partial charge in [0.25, 0.3) is 0 Å². The van der Waals surface area contributed by atoms with Gasteiger partial charge in [-0.05, 0) is 45.6 Å². The minimum Gasteiger partial charge on any atom is -0.117 e. The second-order valence-corrected chi connectivity index (χ2v) is 7.81. The van der Waals surface area contributed by atoms with Crippen LogP contribution in [0.25, 0.3) is 10.8 Å². The van der Waals surface area contributed by atoms with Crippen molar-refractivity contribution >= 4 is 22.4 Å². The molecule has 1 aliphatic rings. The number of halogens is 1. The zero-order valence-electron chi connectivity index (χ0n) is 13.0. The highest BCUT2D eigenvalue weighted by Gasteiger charge is 2.67. The highest BCUT2D eigenvalue weighted by atomic mass is 35.5. The Bertz CT molecular complexity index is 653. The fraction of sp³-hybridized carbons (Fsp3) is 0.474. The van der Waals surface area contributed by atoms with Gasteiger partial charge in [0.1, 0.15) is 0 Å². The van der Waals surface area contributed by atoms with Gasteiger partial charge in [-0.25, -0.2) is 0 Å². The van der Waals surface area contributed by atoms with Crippen molar-refractivity contribution in [3.8, 4) is 0 Å². The van der Waals surface area contributed by atoms with Crippen LogP contribution in [0.5, 0.6) is 0 Å².